The number of primary amides is 1. The van der Waals surface area contributed by atoms with Gasteiger partial charge in [-0.05, 0) is 48.6 Å². The zero-order chi connectivity index (χ0) is 21.2. The number of hydrogen-bond donors (Lipinski definition) is 1. The second-order valence-electron chi connectivity index (χ2n) is 7.47. The lowest BCUT2D eigenvalue weighted by atomic mass is 9.98. The number of nitrogens with two attached hydrogens (primary N) is 1. The second kappa shape index (κ2) is 11.1. The van der Waals surface area contributed by atoms with Crippen molar-refractivity contribution in [1.82, 2.24) is 0 Å². The molecule has 0 radical (unpaired) electrons. The number of benzene rings is 3. The molecule has 0 aliphatic rings. The Hall–Kier alpha value is -3.27. The molecule has 0 aromatic heterocycles. The zero-order valence-corrected chi connectivity index (χ0v) is 17.5. The molecule has 0 heterocycles. The zero-order valence-electron chi connectivity index (χ0n) is 17.5. The Morgan fingerprint density at radius 2 is 1.57 bits per heavy atom. The smallest absolute Gasteiger partial charge is 0.217 e. The molecule has 3 aromatic carbocycles. The van der Waals surface area contributed by atoms with Crippen molar-refractivity contribution in [2.45, 2.75) is 32.1 Å². The molecule has 0 fully saturated rings. The van der Waals surface area contributed by atoms with Crippen molar-refractivity contribution >= 4 is 17.3 Å². The molecule has 3 rings (SSSR count). The number of rotatable bonds is 11. The van der Waals surface area contributed by atoms with Gasteiger partial charge in [0.05, 0.1) is 12.3 Å². The number of ether oxygens (including phenoxy) is 1. The van der Waals surface area contributed by atoms with Crippen LogP contribution in [0.15, 0.2) is 84.9 Å². The molecule has 0 spiro atoms. The highest BCUT2D eigenvalue weighted by Gasteiger charge is 2.15. The summed E-state index contributed by atoms with van der Waals surface area (Å²) < 4.78 is 6.23. The van der Waals surface area contributed by atoms with Gasteiger partial charge in [0.2, 0.25) is 5.91 Å². The molecule has 2 N–H and O–H groups in total. The number of carbonyl (C=O) groups excluding carboxylic acids is 1. The van der Waals surface area contributed by atoms with Gasteiger partial charge in [-0.3, -0.25) is 4.79 Å². The third kappa shape index (κ3) is 6.11. The van der Waals surface area contributed by atoms with Crippen molar-refractivity contribution in [1.29, 1.82) is 0 Å². The average molecular weight is 403 g/mol. The van der Waals surface area contributed by atoms with Crippen LogP contribution in [0.1, 0.15) is 37.7 Å². The quantitative estimate of drug-likeness (QED) is 0.450. The van der Waals surface area contributed by atoms with E-state index in [-0.39, 0.29) is 5.91 Å². The predicted octanol–water partition coefficient (Wildman–Crippen LogP) is 5.66. The van der Waals surface area contributed by atoms with Gasteiger partial charge in [0.1, 0.15) is 5.75 Å². The third-order valence-electron chi connectivity index (χ3n) is 5.21. The fourth-order valence-corrected chi connectivity index (χ4v) is 3.50. The molecular formula is C26H30N2O2. The topological polar surface area (TPSA) is 55.6 Å². The van der Waals surface area contributed by atoms with Crippen molar-refractivity contribution in [3.05, 3.63) is 90.5 Å². The largest absolute Gasteiger partial charge is 0.491 e. The lowest BCUT2D eigenvalue weighted by Crippen LogP contribution is -2.21. The lowest BCUT2D eigenvalue weighted by Gasteiger charge is -2.27. The average Bonchev–Trinajstić information content (AvgIpc) is 2.78. The first-order valence-corrected chi connectivity index (χ1v) is 10.5. The lowest BCUT2D eigenvalue weighted by molar-refractivity contribution is -0.118. The summed E-state index contributed by atoms with van der Waals surface area (Å²) in [7, 11) is 0. The van der Waals surface area contributed by atoms with E-state index in [0.29, 0.717) is 31.9 Å². The fraction of sp³-hybridized carbons (Fsp3) is 0.269. The van der Waals surface area contributed by atoms with Crippen LogP contribution in [-0.2, 0) is 4.79 Å². The van der Waals surface area contributed by atoms with E-state index in [4.69, 9.17) is 10.5 Å². The van der Waals surface area contributed by atoms with Crippen LogP contribution in [0.3, 0.4) is 0 Å². The van der Waals surface area contributed by atoms with Gasteiger partial charge in [0.25, 0.3) is 0 Å². The molecule has 30 heavy (non-hydrogen) atoms. The van der Waals surface area contributed by atoms with Crippen molar-refractivity contribution < 1.29 is 9.53 Å². The molecule has 3 aromatic rings. The van der Waals surface area contributed by atoms with Crippen molar-refractivity contribution in [3.8, 4) is 5.75 Å². The Bertz CT molecular complexity index is 913. The van der Waals surface area contributed by atoms with E-state index in [9.17, 15) is 4.79 Å². The van der Waals surface area contributed by atoms with Gasteiger partial charge >= 0.3 is 0 Å². The first kappa shape index (κ1) is 21.4. The number of nitrogens with zero attached hydrogens (tertiary/aromatic N) is 1. The Balaban J connectivity index is 1.72. The van der Waals surface area contributed by atoms with Crippen LogP contribution in [0.25, 0.3) is 0 Å². The van der Waals surface area contributed by atoms with Crippen molar-refractivity contribution in [2.75, 3.05) is 18.1 Å². The van der Waals surface area contributed by atoms with Crippen LogP contribution in [0.5, 0.6) is 5.75 Å². The van der Waals surface area contributed by atoms with Crippen LogP contribution in [-0.4, -0.2) is 19.1 Å². The monoisotopic (exact) mass is 402 g/mol. The molecule has 1 atom stereocenters. The molecule has 1 unspecified atom stereocenters. The molecule has 1 amide bonds. The van der Waals surface area contributed by atoms with Crippen molar-refractivity contribution in [2.24, 2.45) is 5.73 Å². The highest BCUT2D eigenvalue weighted by Crippen LogP contribution is 2.34. The van der Waals surface area contributed by atoms with Crippen LogP contribution in [0.2, 0.25) is 0 Å². The standard InChI is InChI=1S/C26H30N2O2/c1-21(22-11-4-2-5-12-22)18-20-30-25-16-9-8-15-24(25)28(19-10-17-26(27)29)23-13-6-3-7-14-23/h2-9,11-16,21H,10,17-20H2,1H3,(H2,27,29). The molecule has 4 nitrogen and oxygen atoms in total. The highest BCUT2D eigenvalue weighted by atomic mass is 16.5. The van der Waals surface area contributed by atoms with Gasteiger partial charge in [-0.25, -0.2) is 0 Å². The maximum atomic E-state index is 11.2. The van der Waals surface area contributed by atoms with E-state index in [0.717, 1.165) is 23.5 Å². The van der Waals surface area contributed by atoms with E-state index in [1.165, 1.54) is 5.56 Å². The summed E-state index contributed by atoms with van der Waals surface area (Å²) in [6.07, 6.45) is 1.98. The van der Waals surface area contributed by atoms with E-state index in [1.807, 2.05) is 42.5 Å². The minimum absolute atomic E-state index is 0.276. The highest BCUT2D eigenvalue weighted by molar-refractivity contribution is 5.74. The van der Waals surface area contributed by atoms with Crippen LogP contribution in [0, 0.1) is 0 Å². The van der Waals surface area contributed by atoms with Crippen LogP contribution >= 0.6 is 0 Å². The number of carbonyl (C=O) groups is 1. The van der Waals surface area contributed by atoms with Gasteiger partial charge in [-0.15, -0.1) is 0 Å². The fourth-order valence-electron chi connectivity index (χ4n) is 3.50. The molecule has 0 saturated carbocycles. The normalized spacial score (nSPS) is 11.6. The van der Waals surface area contributed by atoms with Gasteiger partial charge in [0.15, 0.2) is 0 Å². The Morgan fingerprint density at radius 3 is 2.27 bits per heavy atom. The van der Waals surface area contributed by atoms with E-state index in [2.05, 4.69) is 54.3 Å². The first-order valence-electron chi connectivity index (χ1n) is 10.5. The van der Waals surface area contributed by atoms with Crippen LogP contribution in [0.4, 0.5) is 11.4 Å². The molecule has 156 valence electrons. The number of hydrogen-bond acceptors (Lipinski definition) is 3. The SMILES string of the molecule is CC(CCOc1ccccc1N(CCCC(N)=O)c1ccccc1)c1ccccc1. The van der Waals surface area contributed by atoms with Gasteiger partial charge in [-0.1, -0.05) is 67.6 Å². The minimum atomic E-state index is -0.276. The maximum absolute atomic E-state index is 11.2. The summed E-state index contributed by atoms with van der Waals surface area (Å²) in [5, 5.41) is 0. The van der Waals surface area contributed by atoms with Crippen molar-refractivity contribution in [3.63, 3.8) is 0 Å². The first-order chi connectivity index (χ1) is 14.6. The number of amides is 1. The summed E-state index contributed by atoms with van der Waals surface area (Å²) >= 11 is 0. The third-order valence-corrected chi connectivity index (χ3v) is 5.21. The second-order valence-corrected chi connectivity index (χ2v) is 7.47. The molecule has 0 bridgehead atoms. The minimum Gasteiger partial charge on any atom is -0.491 e. The summed E-state index contributed by atoms with van der Waals surface area (Å²) in [4.78, 5) is 13.4. The van der Waals surface area contributed by atoms with Gasteiger partial charge < -0.3 is 15.4 Å². The molecule has 0 aliphatic heterocycles. The Morgan fingerprint density at radius 1 is 0.933 bits per heavy atom. The maximum Gasteiger partial charge on any atom is 0.217 e. The molecule has 0 aliphatic carbocycles. The summed E-state index contributed by atoms with van der Waals surface area (Å²) in [5.41, 5.74) is 8.74. The molecule has 4 heteroatoms. The van der Waals surface area contributed by atoms with Gasteiger partial charge in [-0.2, -0.15) is 0 Å². The summed E-state index contributed by atoms with van der Waals surface area (Å²) in [5.74, 6) is 1.00. The Labute approximate surface area is 179 Å². The summed E-state index contributed by atoms with van der Waals surface area (Å²) in [6, 6.07) is 28.8. The van der Waals surface area contributed by atoms with E-state index >= 15 is 0 Å². The van der Waals surface area contributed by atoms with Crippen LogP contribution < -0.4 is 15.4 Å². The molecular weight excluding hydrogens is 372 g/mol. The van der Waals surface area contributed by atoms with E-state index in [1.54, 1.807) is 0 Å². The number of para-hydroxylation sites is 3. The molecule has 0 saturated heterocycles. The summed E-state index contributed by atoms with van der Waals surface area (Å²) in [6.45, 7) is 3.55. The van der Waals surface area contributed by atoms with E-state index < -0.39 is 0 Å². The Kier molecular flexibility index (Phi) is 7.90. The number of anilines is 2. The van der Waals surface area contributed by atoms with Gasteiger partial charge in [0, 0.05) is 18.7 Å². The predicted molar refractivity (Wildman–Crippen MR) is 123 cm³/mol.